The molecule has 0 saturated heterocycles. The molecule has 1 aromatic carbocycles. The minimum absolute atomic E-state index is 0. The van der Waals surface area contributed by atoms with Gasteiger partial charge in [-0.1, -0.05) is 57.5 Å². The molecule has 2 N–H and O–H groups in total. The van der Waals surface area contributed by atoms with Crippen LogP contribution in [0.1, 0.15) is 53.1 Å². The summed E-state index contributed by atoms with van der Waals surface area (Å²) < 4.78 is 0. The third kappa shape index (κ3) is 11.0. The highest BCUT2D eigenvalue weighted by Crippen LogP contribution is 2.06. The summed E-state index contributed by atoms with van der Waals surface area (Å²) in [6.45, 7) is 10.1. The highest BCUT2D eigenvalue weighted by molar-refractivity contribution is 5.73. The quantitative estimate of drug-likeness (QED) is 0.844. The van der Waals surface area contributed by atoms with Gasteiger partial charge in [0.2, 0.25) is 5.91 Å². The van der Waals surface area contributed by atoms with Crippen LogP contribution >= 0.6 is 0 Å². The highest BCUT2D eigenvalue weighted by atomic mass is 16.1. The van der Waals surface area contributed by atoms with Crippen LogP contribution in [0.15, 0.2) is 24.3 Å². The molecule has 0 aliphatic heterocycles. The van der Waals surface area contributed by atoms with Gasteiger partial charge in [0.1, 0.15) is 0 Å². The summed E-state index contributed by atoms with van der Waals surface area (Å²) in [7, 11) is 0. The lowest BCUT2D eigenvalue weighted by Crippen LogP contribution is -2.10. The van der Waals surface area contributed by atoms with Gasteiger partial charge in [-0.05, 0) is 25.3 Å². The molecule has 1 aromatic rings. The van der Waals surface area contributed by atoms with E-state index >= 15 is 0 Å². The molecule has 100 valence electrons. The molecule has 0 radical (unpaired) electrons. The Kier molecular flexibility index (Phi) is 13.6. The summed E-state index contributed by atoms with van der Waals surface area (Å²) in [4.78, 5) is 10.5. The zero-order valence-corrected chi connectivity index (χ0v) is 11.9. The molecular formula is C15H29NO. The lowest BCUT2D eigenvalue weighted by Gasteiger charge is -2.00. The molecule has 0 saturated carbocycles. The van der Waals surface area contributed by atoms with Crippen LogP contribution < -0.4 is 5.73 Å². The van der Waals surface area contributed by atoms with Crippen LogP contribution in [0.3, 0.4) is 0 Å². The van der Waals surface area contributed by atoms with Crippen molar-refractivity contribution in [3.63, 3.8) is 0 Å². The number of rotatable bonds is 4. The molecule has 0 aromatic heterocycles. The molecule has 0 atom stereocenters. The zero-order valence-electron chi connectivity index (χ0n) is 11.9. The molecule has 0 spiro atoms. The maximum atomic E-state index is 10.5. The normalized spacial score (nSPS) is 8.29. The van der Waals surface area contributed by atoms with Crippen LogP contribution in [-0.2, 0) is 11.2 Å². The maximum absolute atomic E-state index is 10.5. The smallest absolute Gasteiger partial charge is 0.217 e. The van der Waals surface area contributed by atoms with Crippen LogP contribution in [0.5, 0.6) is 0 Å². The Morgan fingerprint density at radius 2 is 1.59 bits per heavy atom. The van der Waals surface area contributed by atoms with Crippen molar-refractivity contribution in [2.45, 2.75) is 53.9 Å². The molecule has 0 aliphatic rings. The van der Waals surface area contributed by atoms with Crippen LogP contribution in [0.4, 0.5) is 0 Å². The number of aryl methyl sites for hydroxylation is 2. The first-order valence-electron chi connectivity index (χ1n) is 6.52. The minimum atomic E-state index is -0.216. The third-order valence-electron chi connectivity index (χ3n) is 2.01. The Bertz CT molecular complexity index is 283. The van der Waals surface area contributed by atoms with E-state index < -0.39 is 0 Å². The van der Waals surface area contributed by atoms with Gasteiger partial charge in [-0.2, -0.15) is 0 Å². The molecule has 1 rings (SSSR count). The summed E-state index contributed by atoms with van der Waals surface area (Å²) >= 11 is 0. The van der Waals surface area contributed by atoms with E-state index in [4.69, 9.17) is 5.73 Å². The van der Waals surface area contributed by atoms with Crippen molar-refractivity contribution in [2.24, 2.45) is 5.73 Å². The highest BCUT2D eigenvalue weighted by Gasteiger charge is 1.96. The van der Waals surface area contributed by atoms with E-state index in [-0.39, 0.29) is 7.33 Å². The Balaban J connectivity index is -0.000000409. The van der Waals surface area contributed by atoms with Crippen LogP contribution in [0, 0.1) is 6.92 Å². The zero-order chi connectivity index (χ0) is 13.7. The standard InChI is InChI=1S/C11H15NO.2C2H6.H2/c1-9-5-7-10(8-6-9)3-2-4-11(12)13;2*1-2;/h5-8H,2-4H2,1H3,(H2,12,13);2*1-2H3;1H. The second-order valence-electron chi connectivity index (χ2n) is 3.31. The molecule has 0 heterocycles. The van der Waals surface area contributed by atoms with Crippen LogP contribution in [0.25, 0.3) is 0 Å². The largest absolute Gasteiger partial charge is 0.370 e. The van der Waals surface area contributed by atoms with E-state index in [0.29, 0.717) is 6.42 Å². The number of carbonyl (C=O) groups is 1. The first-order chi connectivity index (χ1) is 8.18. The van der Waals surface area contributed by atoms with E-state index in [1.807, 2.05) is 27.7 Å². The van der Waals surface area contributed by atoms with Crippen molar-refractivity contribution in [2.75, 3.05) is 0 Å². The van der Waals surface area contributed by atoms with Crippen molar-refractivity contribution in [1.82, 2.24) is 0 Å². The predicted molar refractivity (Wildman–Crippen MR) is 78.1 cm³/mol. The lowest BCUT2D eigenvalue weighted by atomic mass is 10.1. The van der Waals surface area contributed by atoms with Gasteiger partial charge < -0.3 is 5.73 Å². The van der Waals surface area contributed by atoms with Gasteiger partial charge in [0, 0.05) is 7.85 Å². The summed E-state index contributed by atoms with van der Waals surface area (Å²) in [5.74, 6) is -0.216. The summed E-state index contributed by atoms with van der Waals surface area (Å²) in [5, 5.41) is 0. The van der Waals surface area contributed by atoms with Gasteiger partial charge in [-0.25, -0.2) is 0 Å². The first-order valence-corrected chi connectivity index (χ1v) is 6.52. The molecule has 1 amide bonds. The summed E-state index contributed by atoms with van der Waals surface area (Å²) in [6.07, 6.45) is 2.26. The molecule has 0 aliphatic carbocycles. The first kappa shape index (κ1) is 18.1. The number of amides is 1. The topological polar surface area (TPSA) is 43.1 Å². The Hall–Kier alpha value is -1.31. The van der Waals surface area contributed by atoms with Crippen molar-refractivity contribution in [1.29, 1.82) is 0 Å². The Morgan fingerprint density at radius 1 is 1.12 bits per heavy atom. The monoisotopic (exact) mass is 239 g/mol. The maximum Gasteiger partial charge on any atom is 0.217 e. The van der Waals surface area contributed by atoms with E-state index in [1.165, 1.54) is 11.1 Å². The average Bonchev–Trinajstić information content (AvgIpc) is 2.36. The second kappa shape index (κ2) is 12.8. The van der Waals surface area contributed by atoms with Crippen molar-refractivity contribution in [3.8, 4) is 0 Å². The molecule has 2 heteroatoms. The number of primary amides is 1. The number of hydrogen-bond acceptors (Lipinski definition) is 1. The van der Waals surface area contributed by atoms with Gasteiger partial charge in [-0.3, -0.25) is 4.79 Å². The van der Waals surface area contributed by atoms with Gasteiger partial charge >= 0.3 is 0 Å². The van der Waals surface area contributed by atoms with E-state index in [2.05, 4.69) is 31.2 Å². The fourth-order valence-corrected chi connectivity index (χ4v) is 1.22. The Morgan fingerprint density at radius 3 is 2.00 bits per heavy atom. The van der Waals surface area contributed by atoms with Gasteiger partial charge in [0.15, 0.2) is 0 Å². The predicted octanol–water partition coefficient (Wildman–Crippen LogP) is 4.10. The molecule has 0 unspecified atom stereocenters. The summed E-state index contributed by atoms with van der Waals surface area (Å²) in [5.41, 5.74) is 7.57. The van der Waals surface area contributed by atoms with Gasteiger partial charge in [-0.15, -0.1) is 0 Å². The molecule has 2 nitrogen and oxygen atoms in total. The molecular weight excluding hydrogens is 210 g/mol. The van der Waals surface area contributed by atoms with E-state index in [9.17, 15) is 4.79 Å². The average molecular weight is 239 g/mol. The van der Waals surface area contributed by atoms with E-state index in [1.54, 1.807) is 0 Å². The van der Waals surface area contributed by atoms with E-state index in [0.717, 1.165) is 12.8 Å². The minimum Gasteiger partial charge on any atom is -0.370 e. The summed E-state index contributed by atoms with van der Waals surface area (Å²) in [6, 6.07) is 8.35. The molecule has 17 heavy (non-hydrogen) atoms. The fourth-order valence-electron chi connectivity index (χ4n) is 1.22. The van der Waals surface area contributed by atoms with Crippen molar-refractivity contribution in [3.05, 3.63) is 35.4 Å². The SMILES string of the molecule is CC.CC.Cc1ccc(CCCC(N)=O)cc1.[HH]. The third-order valence-corrected chi connectivity index (χ3v) is 2.01. The van der Waals surface area contributed by atoms with Crippen LogP contribution in [0.2, 0.25) is 0 Å². The Labute approximate surface area is 108 Å². The van der Waals surface area contributed by atoms with Crippen LogP contribution in [-0.4, -0.2) is 5.91 Å². The number of nitrogens with two attached hydrogens (primary N) is 1. The van der Waals surface area contributed by atoms with Crippen molar-refractivity contribution >= 4 is 5.91 Å². The van der Waals surface area contributed by atoms with Gasteiger partial charge in [0.05, 0.1) is 0 Å². The van der Waals surface area contributed by atoms with Gasteiger partial charge in [0.25, 0.3) is 0 Å². The molecule has 0 fully saturated rings. The van der Waals surface area contributed by atoms with Crippen molar-refractivity contribution < 1.29 is 6.22 Å². The second-order valence-corrected chi connectivity index (χ2v) is 3.31. The molecule has 0 bridgehead atoms. The fraction of sp³-hybridized carbons (Fsp3) is 0.533. The number of carbonyl (C=O) groups excluding carboxylic acids is 1. The number of hydrogen-bond donors (Lipinski definition) is 1. The lowest BCUT2D eigenvalue weighted by molar-refractivity contribution is -0.118. The number of benzene rings is 1.